The fraction of sp³-hybridized carbons (Fsp3) is 0.500. The van der Waals surface area contributed by atoms with Gasteiger partial charge in [0.05, 0.1) is 0 Å². The van der Waals surface area contributed by atoms with Crippen LogP contribution < -0.4 is 4.90 Å². The summed E-state index contributed by atoms with van der Waals surface area (Å²) in [5.41, 5.74) is -1.03. The molecule has 1 atom stereocenters. The van der Waals surface area contributed by atoms with E-state index in [1.54, 1.807) is 43.1 Å². The van der Waals surface area contributed by atoms with Gasteiger partial charge in [-0.15, -0.1) is 0 Å². The van der Waals surface area contributed by atoms with E-state index in [1.165, 1.54) is 4.90 Å². The Kier molecular flexibility index (Phi) is 3.27. The smallest absolute Gasteiger partial charge is 0.327 e. The third kappa shape index (κ3) is 2.42. The summed E-state index contributed by atoms with van der Waals surface area (Å²) < 4.78 is 0. The van der Waals surface area contributed by atoms with Crippen molar-refractivity contribution in [2.24, 2.45) is 0 Å². The fourth-order valence-electron chi connectivity index (χ4n) is 2.64. The minimum absolute atomic E-state index is 0.233. The fourth-order valence-corrected chi connectivity index (χ4v) is 2.82. The number of halogens is 1. The average Bonchev–Trinajstić information content (AvgIpc) is 2.24. The van der Waals surface area contributed by atoms with Crippen molar-refractivity contribution >= 4 is 23.3 Å². The van der Waals surface area contributed by atoms with Crippen LogP contribution in [0.4, 0.5) is 10.5 Å². The van der Waals surface area contributed by atoms with Crippen molar-refractivity contribution in [3.63, 3.8) is 0 Å². The molecule has 0 spiro atoms. The van der Waals surface area contributed by atoms with Crippen LogP contribution in [0, 0.1) is 0 Å². The first-order chi connectivity index (χ1) is 8.65. The Balaban J connectivity index is 2.47. The van der Waals surface area contributed by atoms with Crippen molar-refractivity contribution in [3.05, 3.63) is 29.3 Å². The molecule has 0 bridgehead atoms. The van der Waals surface area contributed by atoms with Gasteiger partial charge >= 0.3 is 6.03 Å². The Morgan fingerprint density at radius 2 is 1.95 bits per heavy atom. The Hall–Kier alpha value is -1.26. The molecule has 1 aromatic rings. The van der Waals surface area contributed by atoms with Gasteiger partial charge in [-0.2, -0.15) is 0 Å². The molecule has 1 heterocycles. The van der Waals surface area contributed by atoms with Gasteiger partial charge in [0.2, 0.25) is 0 Å². The number of carbonyl (C=O) groups is 1. The standard InChI is InChI=1S/C14H19ClN2O2/c1-13(2)9-14(3,19)17(12(18)16(13)4)11-7-5-6-10(15)8-11/h5-8,19H,9H2,1-4H3. The van der Waals surface area contributed by atoms with E-state index in [4.69, 9.17) is 11.6 Å². The maximum Gasteiger partial charge on any atom is 0.327 e. The second kappa shape index (κ2) is 4.39. The monoisotopic (exact) mass is 282 g/mol. The summed E-state index contributed by atoms with van der Waals surface area (Å²) >= 11 is 5.96. The largest absolute Gasteiger partial charge is 0.371 e. The van der Waals surface area contributed by atoms with Gasteiger partial charge in [-0.25, -0.2) is 4.79 Å². The van der Waals surface area contributed by atoms with E-state index in [0.29, 0.717) is 17.1 Å². The molecule has 1 aliphatic heterocycles. The van der Waals surface area contributed by atoms with E-state index in [0.717, 1.165) is 0 Å². The number of benzene rings is 1. The number of rotatable bonds is 1. The number of anilines is 1. The number of nitrogens with zero attached hydrogens (tertiary/aromatic N) is 2. The van der Waals surface area contributed by atoms with Crippen molar-refractivity contribution in [1.82, 2.24) is 4.90 Å². The van der Waals surface area contributed by atoms with Crippen LogP contribution in [-0.2, 0) is 0 Å². The maximum atomic E-state index is 12.5. The molecule has 4 nitrogen and oxygen atoms in total. The van der Waals surface area contributed by atoms with Crippen molar-refractivity contribution in [1.29, 1.82) is 0 Å². The molecule has 1 unspecified atom stereocenters. The first kappa shape index (κ1) is 14.2. The van der Waals surface area contributed by atoms with E-state index in [1.807, 2.05) is 13.8 Å². The van der Waals surface area contributed by atoms with Crippen LogP contribution >= 0.6 is 11.6 Å². The minimum atomic E-state index is -1.24. The molecular weight excluding hydrogens is 264 g/mol. The van der Waals surface area contributed by atoms with Gasteiger partial charge in [-0.05, 0) is 39.0 Å². The van der Waals surface area contributed by atoms with Crippen LogP contribution in [0.3, 0.4) is 0 Å². The van der Waals surface area contributed by atoms with E-state index in [9.17, 15) is 9.90 Å². The van der Waals surface area contributed by atoms with Crippen LogP contribution in [0.5, 0.6) is 0 Å². The first-order valence-corrected chi connectivity index (χ1v) is 6.59. The second-order valence-electron chi connectivity index (χ2n) is 5.86. The van der Waals surface area contributed by atoms with Crippen molar-refractivity contribution in [3.8, 4) is 0 Å². The molecule has 0 saturated carbocycles. The SMILES string of the molecule is CN1C(=O)N(c2cccc(Cl)c2)C(C)(O)CC1(C)C. The van der Waals surface area contributed by atoms with Crippen LogP contribution in [0.2, 0.25) is 5.02 Å². The molecular formula is C14H19ClN2O2. The number of hydrogen-bond acceptors (Lipinski definition) is 2. The van der Waals surface area contributed by atoms with Crippen molar-refractivity contribution < 1.29 is 9.90 Å². The lowest BCUT2D eigenvalue weighted by Crippen LogP contribution is -2.67. The summed E-state index contributed by atoms with van der Waals surface area (Å²) in [4.78, 5) is 15.6. The van der Waals surface area contributed by atoms with Crippen LogP contribution in [0.15, 0.2) is 24.3 Å². The predicted octanol–water partition coefficient (Wildman–Crippen LogP) is 3.09. The van der Waals surface area contributed by atoms with Crippen LogP contribution in [-0.4, -0.2) is 34.3 Å². The van der Waals surface area contributed by atoms with E-state index >= 15 is 0 Å². The third-order valence-corrected chi connectivity index (χ3v) is 3.94. The Bertz CT molecular complexity index is 514. The van der Waals surface area contributed by atoms with Gasteiger partial charge in [-0.3, -0.25) is 4.90 Å². The number of hydrogen-bond donors (Lipinski definition) is 1. The molecule has 104 valence electrons. The zero-order valence-corrected chi connectivity index (χ0v) is 12.4. The number of amides is 2. The van der Waals surface area contributed by atoms with E-state index < -0.39 is 11.3 Å². The number of aliphatic hydroxyl groups is 1. The molecule has 1 fully saturated rings. The molecule has 0 aliphatic carbocycles. The number of carbonyl (C=O) groups excluding carboxylic acids is 1. The predicted molar refractivity (Wildman–Crippen MR) is 76.4 cm³/mol. The van der Waals surface area contributed by atoms with Gasteiger partial charge in [-0.1, -0.05) is 17.7 Å². The lowest BCUT2D eigenvalue weighted by atomic mass is 9.88. The summed E-state index contributed by atoms with van der Waals surface area (Å²) in [6.45, 7) is 5.53. The molecule has 0 aromatic heterocycles. The number of urea groups is 1. The molecule has 0 radical (unpaired) electrons. The molecule has 5 heteroatoms. The van der Waals surface area contributed by atoms with Gasteiger partial charge < -0.3 is 10.0 Å². The Morgan fingerprint density at radius 3 is 2.53 bits per heavy atom. The lowest BCUT2D eigenvalue weighted by Gasteiger charge is -2.52. The van der Waals surface area contributed by atoms with Crippen LogP contribution in [0.1, 0.15) is 27.2 Å². The summed E-state index contributed by atoms with van der Waals surface area (Å²) in [5, 5.41) is 11.2. The Morgan fingerprint density at radius 1 is 1.32 bits per heavy atom. The summed E-state index contributed by atoms with van der Waals surface area (Å²) in [6.07, 6.45) is 0.453. The highest BCUT2D eigenvalue weighted by Gasteiger charge is 2.48. The molecule has 1 aliphatic rings. The van der Waals surface area contributed by atoms with Gasteiger partial charge in [0.1, 0.15) is 5.72 Å². The second-order valence-corrected chi connectivity index (χ2v) is 6.30. The zero-order valence-electron chi connectivity index (χ0n) is 11.6. The molecule has 1 saturated heterocycles. The normalized spacial score (nSPS) is 26.7. The Labute approximate surface area is 118 Å². The van der Waals surface area contributed by atoms with Gasteiger partial charge in [0.15, 0.2) is 0 Å². The average molecular weight is 283 g/mol. The highest BCUT2D eigenvalue weighted by Crippen LogP contribution is 2.38. The van der Waals surface area contributed by atoms with Gasteiger partial charge in [0.25, 0.3) is 0 Å². The summed E-state index contributed by atoms with van der Waals surface area (Å²) in [5.74, 6) is 0. The molecule has 2 rings (SSSR count). The van der Waals surface area contributed by atoms with Crippen molar-refractivity contribution in [2.75, 3.05) is 11.9 Å². The quantitative estimate of drug-likeness (QED) is 0.860. The molecule has 19 heavy (non-hydrogen) atoms. The van der Waals surface area contributed by atoms with E-state index in [-0.39, 0.29) is 6.03 Å². The highest BCUT2D eigenvalue weighted by atomic mass is 35.5. The first-order valence-electron chi connectivity index (χ1n) is 6.21. The zero-order chi connectivity index (χ0) is 14.4. The highest BCUT2D eigenvalue weighted by molar-refractivity contribution is 6.30. The molecule has 1 aromatic carbocycles. The lowest BCUT2D eigenvalue weighted by molar-refractivity contribution is -0.0182. The third-order valence-electron chi connectivity index (χ3n) is 3.70. The summed E-state index contributed by atoms with van der Waals surface area (Å²) in [6, 6.07) is 6.72. The van der Waals surface area contributed by atoms with Gasteiger partial charge in [0, 0.05) is 29.7 Å². The topological polar surface area (TPSA) is 43.8 Å². The van der Waals surface area contributed by atoms with E-state index in [2.05, 4.69) is 0 Å². The van der Waals surface area contributed by atoms with Crippen molar-refractivity contribution in [2.45, 2.75) is 38.5 Å². The molecule has 1 N–H and O–H groups in total. The maximum absolute atomic E-state index is 12.5. The minimum Gasteiger partial charge on any atom is -0.371 e. The van der Waals surface area contributed by atoms with Crippen LogP contribution in [0.25, 0.3) is 0 Å². The summed E-state index contributed by atoms with van der Waals surface area (Å²) in [7, 11) is 1.75. The molecule has 2 amide bonds.